The average Bonchev–Trinajstić information content (AvgIpc) is 2.49. The van der Waals surface area contributed by atoms with Crippen LogP contribution in [0.3, 0.4) is 0 Å². The molecule has 1 rings (SSSR count). The van der Waals surface area contributed by atoms with Crippen LogP contribution in [0, 0.1) is 18.3 Å². The quantitative estimate of drug-likeness (QED) is 0.781. The first-order valence-corrected chi connectivity index (χ1v) is 4.65. The van der Waals surface area contributed by atoms with Crippen molar-refractivity contribution in [1.29, 1.82) is 5.26 Å². The zero-order valence-electron chi connectivity index (χ0n) is 7.20. The number of hydrogen-bond donors (Lipinski definition) is 1. The van der Waals surface area contributed by atoms with Crippen LogP contribution in [0.2, 0.25) is 0 Å². The number of carbonyl (C=O) groups excluding carboxylic acids is 1. The number of carbonyl (C=O) groups is 1. The molecule has 4 nitrogen and oxygen atoms in total. The minimum absolute atomic E-state index is 0.0929. The van der Waals surface area contributed by atoms with E-state index in [0.717, 1.165) is 10.7 Å². The molecule has 1 heterocycles. The zero-order valence-corrected chi connectivity index (χ0v) is 8.02. The van der Waals surface area contributed by atoms with Crippen LogP contribution in [-0.4, -0.2) is 10.9 Å². The van der Waals surface area contributed by atoms with Crippen molar-refractivity contribution in [1.82, 2.24) is 10.3 Å². The van der Waals surface area contributed by atoms with E-state index in [-0.39, 0.29) is 12.3 Å². The molecule has 68 valence electrons. The van der Waals surface area contributed by atoms with Crippen molar-refractivity contribution in [2.75, 3.05) is 0 Å². The molecule has 1 amide bonds. The second kappa shape index (κ2) is 4.58. The third-order valence-corrected chi connectivity index (χ3v) is 2.31. The van der Waals surface area contributed by atoms with Gasteiger partial charge >= 0.3 is 0 Å². The summed E-state index contributed by atoms with van der Waals surface area (Å²) in [7, 11) is 0. The van der Waals surface area contributed by atoms with Crippen LogP contribution < -0.4 is 5.32 Å². The number of aryl methyl sites for hydroxylation is 1. The average molecular weight is 195 g/mol. The number of nitrogens with zero attached hydrogens (tertiary/aromatic N) is 2. The van der Waals surface area contributed by atoms with Crippen LogP contribution in [0.4, 0.5) is 0 Å². The molecule has 0 bridgehead atoms. The Kier molecular flexibility index (Phi) is 3.41. The molecule has 0 aliphatic heterocycles. The van der Waals surface area contributed by atoms with Gasteiger partial charge in [0.25, 0.3) is 0 Å². The van der Waals surface area contributed by atoms with Crippen molar-refractivity contribution < 1.29 is 4.79 Å². The molecule has 0 aliphatic carbocycles. The molecule has 0 spiro atoms. The third kappa shape index (κ3) is 3.22. The second-order valence-electron chi connectivity index (χ2n) is 2.49. The second-order valence-corrected chi connectivity index (χ2v) is 3.44. The zero-order chi connectivity index (χ0) is 9.68. The summed E-state index contributed by atoms with van der Waals surface area (Å²) in [6.07, 6.45) is -0.0929. The lowest BCUT2D eigenvalue weighted by Gasteiger charge is -1.97. The Morgan fingerprint density at radius 2 is 2.62 bits per heavy atom. The van der Waals surface area contributed by atoms with Gasteiger partial charge in [-0.05, 0) is 6.92 Å². The Morgan fingerprint density at radius 3 is 3.15 bits per heavy atom. The number of thiazole rings is 1. The number of amides is 1. The van der Waals surface area contributed by atoms with Crippen LogP contribution in [0.5, 0.6) is 0 Å². The first-order valence-electron chi connectivity index (χ1n) is 3.77. The minimum atomic E-state index is -0.254. The van der Waals surface area contributed by atoms with Crippen LogP contribution in [-0.2, 0) is 11.3 Å². The molecule has 13 heavy (non-hydrogen) atoms. The number of nitrogens with one attached hydrogen (secondary N) is 1. The minimum Gasteiger partial charge on any atom is -0.349 e. The number of nitriles is 1. The highest BCUT2D eigenvalue weighted by atomic mass is 32.1. The lowest BCUT2D eigenvalue weighted by Crippen LogP contribution is -2.21. The highest BCUT2D eigenvalue weighted by Gasteiger charge is 2.01. The van der Waals surface area contributed by atoms with E-state index >= 15 is 0 Å². The van der Waals surface area contributed by atoms with Gasteiger partial charge in [0.05, 0.1) is 12.6 Å². The normalized spacial score (nSPS) is 9.23. The molecule has 0 saturated heterocycles. The molecule has 1 aromatic heterocycles. The van der Waals surface area contributed by atoms with E-state index in [2.05, 4.69) is 10.3 Å². The molecule has 0 aliphatic rings. The Hall–Kier alpha value is -1.41. The van der Waals surface area contributed by atoms with E-state index in [4.69, 9.17) is 5.26 Å². The summed E-state index contributed by atoms with van der Waals surface area (Å²) in [5, 5.41) is 13.6. The summed E-state index contributed by atoms with van der Waals surface area (Å²) < 4.78 is 0. The van der Waals surface area contributed by atoms with Gasteiger partial charge in [-0.25, -0.2) is 4.98 Å². The topological polar surface area (TPSA) is 65.8 Å². The molecular weight excluding hydrogens is 186 g/mol. The molecular formula is C8H9N3OS. The van der Waals surface area contributed by atoms with Gasteiger partial charge in [-0.15, -0.1) is 11.3 Å². The molecule has 5 heteroatoms. The van der Waals surface area contributed by atoms with Crippen molar-refractivity contribution >= 4 is 17.2 Å². The molecule has 0 fully saturated rings. The Balaban J connectivity index is 2.36. The molecule has 0 aromatic carbocycles. The van der Waals surface area contributed by atoms with Gasteiger partial charge in [-0.2, -0.15) is 5.26 Å². The molecule has 0 saturated carbocycles. The van der Waals surface area contributed by atoms with Gasteiger partial charge in [-0.1, -0.05) is 0 Å². The summed E-state index contributed by atoms with van der Waals surface area (Å²) >= 11 is 1.50. The van der Waals surface area contributed by atoms with Gasteiger partial charge in [-0.3, -0.25) is 4.79 Å². The fourth-order valence-electron chi connectivity index (χ4n) is 0.792. The standard InChI is InChI=1S/C8H9N3OS/c1-6-5-13-8(11-6)4-10-7(12)2-3-9/h5H,2,4H2,1H3,(H,10,12). The maximum absolute atomic E-state index is 10.9. The van der Waals surface area contributed by atoms with Crippen molar-refractivity contribution in [2.45, 2.75) is 19.9 Å². The predicted octanol–water partition coefficient (Wildman–Crippen LogP) is 0.981. The van der Waals surface area contributed by atoms with Gasteiger partial charge in [0.1, 0.15) is 11.4 Å². The van der Waals surface area contributed by atoms with E-state index in [1.54, 1.807) is 6.07 Å². The Labute approximate surface area is 80.2 Å². The van der Waals surface area contributed by atoms with E-state index in [1.807, 2.05) is 12.3 Å². The van der Waals surface area contributed by atoms with Gasteiger partial charge in [0.15, 0.2) is 0 Å². The third-order valence-electron chi connectivity index (χ3n) is 1.34. The summed E-state index contributed by atoms with van der Waals surface area (Å²) in [4.78, 5) is 15.0. The monoisotopic (exact) mass is 195 g/mol. The highest BCUT2D eigenvalue weighted by molar-refractivity contribution is 7.09. The maximum Gasteiger partial charge on any atom is 0.234 e. The predicted molar refractivity (Wildman–Crippen MR) is 48.9 cm³/mol. The fourth-order valence-corrected chi connectivity index (χ4v) is 1.50. The van der Waals surface area contributed by atoms with Crippen molar-refractivity contribution in [3.63, 3.8) is 0 Å². The number of hydrogen-bond acceptors (Lipinski definition) is 4. The van der Waals surface area contributed by atoms with E-state index < -0.39 is 0 Å². The summed E-state index contributed by atoms with van der Waals surface area (Å²) in [6.45, 7) is 2.32. The van der Waals surface area contributed by atoms with Gasteiger partial charge < -0.3 is 5.32 Å². The van der Waals surface area contributed by atoms with Crippen molar-refractivity contribution in [3.8, 4) is 6.07 Å². The first kappa shape index (κ1) is 9.68. The van der Waals surface area contributed by atoms with E-state index in [9.17, 15) is 4.79 Å². The highest BCUT2D eigenvalue weighted by Crippen LogP contribution is 2.07. The van der Waals surface area contributed by atoms with Crippen LogP contribution in [0.25, 0.3) is 0 Å². The summed E-state index contributed by atoms with van der Waals surface area (Å²) in [5.41, 5.74) is 0.953. The maximum atomic E-state index is 10.9. The van der Waals surface area contributed by atoms with Crippen LogP contribution >= 0.6 is 11.3 Å². The van der Waals surface area contributed by atoms with Crippen molar-refractivity contribution in [3.05, 3.63) is 16.1 Å². The van der Waals surface area contributed by atoms with Crippen LogP contribution in [0.1, 0.15) is 17.1 Å². The molecule has 0 radical (unpaired) electrons. The van der Waals surface area contributed by atoms with Gasteiger partial charge in [0.2, 0.25) is 5.91 Å². The van der Waals surface area contributed by atoms with E-state index in [0.29, 0.717) is 6.54 Å². The largest absolute Gasteiger partial charge is 0.349 e. The number of aromatic nitrogens is 1. The van der Waals surface area contributed by atoms with Gasteiger partial charge in [0, 0.05) is 11.1 Å². The molecule has 1 N–H and O–H groups in total. The smallest absolute Gasteiger partial charge is 0.234 e. The Morgan fingerprint density at radius 1 is 1.85 bits per heavy atom. The van der Waals surface area contributed by atoms with Crippen molar-refractivity contribution in [2.24, 2.45) is 0 Å². The first-order chi connectivity index (χ1) is 6.22. The number of rotatable bonds is 3. The van der Waals surface area contributed by atoms with Crippen LogP contribution in [0.15, 0.2) is 5.38 Å². The molecule has 0 unspecified atom stereocenters. The molecule has 0 atom stereocenters. The lowest BCUT2D eigenvalue weighted by atomic mass is 10.4. The SMILES string of the molecule is Cc1csc(CNC(=O)CC#N)n1. The summed E-state index contributed by atoms with van der Waals surface area (Å²) in [5.74, 6) is -0.254. The molecule has 1 aromatic rings. The summed E-state index contributed by atoms with van der Waals surface area (Å²) in [6, 6.07) is 1.78. The van der Waals surface area contributed by atoms with E-state index in [1.165, 1.54) is 11.3 Å². The Bertz CT molecular complexity index is 339. The fraction of sp³-hybridized carbons (Fsp3) is 0.375. The lowest BCUT2D eigenvalue weighted by molar-refractivity contribution is -0.120.